The van der Waals surface area contributed by atoms with Gasteiger partial charge < -0.3 is 10.1 Å². The van der Waals surface area contributed by atoms with Gasteiger partial charge in [0.15, 0.2) is 5.15 Å². The lowest BCUT2D eigenvalue weighted by atomic mass is 10.2. The van der Waals surface area contributed by atoms with E-state index in [4.69, 9.17) is 27.9 Å². The second kappa shape index (κ2) is 4.35. The van der Waals surface area contributed by atoms with E-state index in [1.807, 2.05) is 0 Å². The average Bonchev–Trinajstić information content (AvgIpc) is 2.23. The van der Waals surface area contributed by atoms with E-state index >= 15 is 0 Å². The summed E-state index contributed by atoms with van der Waals surface area (Å²) in [5.74, 6) is 0. The fourth-order valence-corrected chi connectivity index (χ4v) is 1.58. The summed E-state index contributed by atoms with van der Waals surface area (Å²) in [6.07, 6.45) is -0.191. The smallest absolute Gasteiger partial charge is 0.174 e. The van der Waals surface area contributed by atoms with E-state index < -0.39 is 0 Å². The predicted molar refractivity (Wildman–Crippen MR) is 51.4 cm³/mol. The van der Waals surface area contributed by atoms with Crippen molar-refractivity contribution in [2.24, 2.45) is 0 Å². The van der Waals surface area contributed by atoms with Crippen LogP contribution in [-0.2, 0) is 4.74 Å². The molecule has 7 heteroatoms. The van der Waals surface area contributed by atoms with Gasteiger partial charge in [-0.1, -0.05) is 23.2 Å². The van der Waals surface area contributed by atoms with Crippen molar-refractivity contribution in [3.05, 3.63) is 15.9 Å². The highest BCUT2D eigenvalue weighted by atomic mass is 35.5. The molecule has 1 saturated heterocycles. The van der Waals surface area contributed by atoms with Crippen LogP contribution < -0.4 is 5.32 Å². The molecule has 1 fully saturated rings. The van der Waals surface area contributed by atoms with Gasteiger partial charge in [0.25, 0.3) is 0 Å². The second-order valence-electron chi connectivity index (χ2n) is 2.84. The van der Waals surface area contributed by atoms with Crippen LogP contribution in [0.3, 0.4) is 0 Å². The molecule has 1 atom stereocenters. The van der Waals surface area contributed by atoms with Crippen molar-refractivity contribution in [2.75, 3.05) is 19.7 Å². The van der Waals surface area contributed by atoms with Crippen LogP contribution >= 0.6 is 23.2 Å². The zero-order valence-corrected chi connectivity index (χ0v) is 8.72. The Balaban J connectivity index is 2.26. The topological polar surface area (TPSA) is 59.9 Å². The van der Waals surface area contributed by atoms with Crippen LogP contribution in [0.2, 0.25) is 10.2 Å². The summed E-state index contributed by atoms with van der Waals surface area (Å²) in [6, 6.07) is 0. The third-order valence-electron chi connectivity index (χ3n) is 1.92. The van der Waals surface area contributed by atoms with Gasteiger partial charge in [-0.25, -0.2) is 0 Å². The molecule has 1 aliphatic rings. The predicted octanol–water partition coefficient (Wildman–Crippen LogP) is 0.839. The Kier molecular flexibility index (Phi) is 3.12. The standard InChI is InChI=1S/C7H8Cl2N4O/c8-5-6(11-13-12-7(5)9)4-3-10-1-2-14-4/h4,10H,1-3H2. The zero-order valence-electron chi connectivity index (χ0n) is 7.20. The average molecular weight is 235 g/mol. The molecule has 0 saturated carbocycles. The highest BCUT2D eigenvalue weighted by Gasteiger charge is 2.22. The first-order chi connectivity index (χ1) is 6.79. The molecular weight excluding hydrogens is 227 g/mol. The van der Waals surface area contributed by atoms with E-state index in [0.29, 0.717) is 23.9 Å². The van der Waals surface area contributed by atoms with Crippen LogP contribution in [0, 0.1) is 0 Å². The number of ether oxygens (including phenoxy) is 1. The molecule has 1 aromatic rings. The highest BCUT2D eigenvalue weighted by Crippen LogP contribution is 2.27. The quantitative estimate of drug-likeness (QED) is 0.781. The molecule has 0 radical (unpaired) electrons. The first-order valence-electron chi connectivity index (χ1n) is 4.15. The lowest BCUT2D eigenvalue weighted by Crippen LogP contribution is -2.34. The zero-order chi connectivity index (χ0) is 9.97. The van der Waals surface area contributed by atoms with Gasteiger partial charge in [0, 0.05) is 13.1 Å². The van der Waals surface area contributed by atoms with Gasteiger partial charge in [-0.3, -0.25) is 0 Å². The summed E-state index contributed by atoms with van der Waals surface area (Å²) >= 11 is 11.6. The Morgan fingerprint density at radius 1 is 1.36 bits per heavy atom. The summed E-state index contributed by atoms with van der Waals surface area (Å²) in [6.45, 7) is 2.12. The molecule has 1 aromatic heterocycles. The van der Waals surface area contributed by atoms with E-state index in [0.717, 1.165) is 6.54 Å². The maximum Gasteiger partial charge on any atom is 0.174 e. The number of hydrogen-bond donors (Lipinski definition) is 1. The highest BCUT2D eigenvalue weighted by molar-refractivity contribution is 6.41. The maximum absolute atomic E-state index is 5.92. The number of morpholine rings is 1. The normalized spacial score (nSPS) is 22.3. The molecule has 0 bridgehead atoms. The van der Waals surface area contributed by atoms with Crippen molar-refractivity contribution in [3.8, 4) is 0 Å². The van der Waals surface area contributed by atoms with E-state index in [2.05, 4.69) is 20.7 Å². The van der Waals surface area contributed by atoms with Crippen molar-refractivity contribution in [3.63, 3.8) is 0 Å². The number of hydrogen-bond acceptors (Lipinski definition) is 5. The lowest BCUT2D eigenvalue weighted by Gasteiger charge is -2.23. The minimum absolute atomic E-state index is 0.158. The molecule has 2 rings (SSSR count). The first kappa shape index (κ1) is 10.0. The summed E-state index contributed by atoms with van der Waals surface area (Å²) in [5, 5.41) is 14.5. The Bertz CT molecular complexity index is 329. The van der Waals surface area contributed by atoms with E-state index in [9.17, 15) is 0 Å². The molecule has 5 nitrogen and oxygen atoms in total. The lowest BCUT2D eigenvalue weighted by molar-refractivity contribution is 0.0243. The molecule has 1 aliphatic heterocycles. The summed E-state index contributed by atoms with van der Waals surface area (Å²) in [5.41, 5.74) is 0.541. The summed E-state index contributed by atoms with van der Waals surface area (Å²) in [7, 11) is 0. The molecule has 14 heavy (non-hydrogen) atoms. The van der Waals surface area contributed by atoms with Gasteiger partial charge in [-0.05, 0) is 5.21 Å². The molecule has 1 unspecified atom stereocenters. The molecule has 76 valence electrons. The summed E-state index contributed by atoms with van der Waals surface area (Å²) < 4.78 is 5.46. The number of nitrogens with one attached hydrogen (secondary N) is 1. The number of nitrogens with zero attached hydrogens (tertiary/aromatic N) is 3. The first-order valence-corrected chi connectivity index (χ1v) is 4.91. The number of halogens is 2. The Hall–Kier alpha value is -0.490. The van der Waals surface area contributed by atoms with Crippen LogP contribution in [0.5, 0.6) is 0 Å². The van der Waals surface area contributed by atoms with Crippen molar-refractivity contribution in [2.45, 2.75) is 6.10 Å². The van der Waals surface area contributed by atoms with Gasteiger partial charge in [0.1, 0.15) is 16.8 Å². The van der Waals surface area contributed by atoms with E-state index in [-0.39, 0.29) is 11.3 Å². The van der Waals surface area contributed by atoms with Gasteiger partial charge in [-0.15, -0.1) is 10.2 Å². The third kappa shape index (κ3) is 1.95. The van der Waals surface area contributed by atoms with Gasteiger partial charge in [0.05, 0.1) is 6.61 Å². The molecule has 0 spiro atoms. The van der Waals surface area contributed by atoms with E-state index in [1.165, 1.54) is 0 Å². The van der Waals surface area contributed by atoms with Crippen molar-refractivity contribution >= 4 is 23.2 Å². The van der Waals surface area contributed by atoms with Crippen molar-refractivity contribution < 1.29 is 4.74 Å². The van der Waals surface area contributed by atoms with Crippen LogP contribution in [0.4, 0.5) is 0 Å². The number of aromatic nitrogens is 3. The van der Waals surface area contributed by atoms with Gasteiger partial charge >= 0.3 is 0 Å². The Morgan fingerprint density at radius 2 is 2.21 bits per heavy atom. The Labute approximate surface area is 90.8 Å². The van der Waals surface area contributed by atoms with Gasteiger partial charge in [-0.2, -0.15) is 0 Å². The maximum atomic E-state index is 5.92. The summed E-state index contributed by atoms with van der Waals surface area (Å²) in [4.78, 5) is 0. The number of rotatable bonds is 1. The molecular formula is C7H8Cl2N4O. The van der Waals surface area contributed by atoms with Crippen LogP contribution in [0.1, 0.15) is 11.8 Å². The fourth-order valence-electron chi connectivity index (χ4n) is 1.25. The monoisotopic (exact) mass is 234 g/mol. The van der Waals surface area contributed by atoms with Crippen LogP contribution in [0.15, 0.2) is 0 Å². The molecule has 2 heterocycles. The van der Waals surface area contributed by atoms with Crippen molar-refractivity contribution in [1.29, 1.82) is 0 Å². The minimum Gasteiger partial charge on any atom is -0.369 e. The molecule has 0 aromatic carbocycles. The molecule has 0 aliphatic carbocycles. The van der Waals surface area contributed by atoms with E-state index in [1.54, 1.807) is 0 Å². The Morgan fingerprint density at radius 3 is 2.93 bits per heavy atom. The second-order valence-corrected chi connectivity index (χ2v) is 3.58. The van der Waals surface area contributed by atoms with Crippen molar-refractivity contribution in [1.82, 2.24) is 20.7 Å². The third-order valence-corrected chi connectivity index (χ3v) is 2.66. The molecule has 0 amide bonds. The van der Waals surface area contributed by atoms with Crippen LogP contribution in [0.25, 0.3) is 0 Å². The van der Waals surface area contributed by atoms with Gasteiger partial charge in [0.2, 0.25) is 0 Å². The minimum atomic E-state index is -0.191. The fraction of sp³-hybridized carbons (Fsp3) is 0.571. The largest absolute Gasteiger partial charge is 0.369 e. The molecule has 1 N–H and O–H groups in total. The SMILES string of the molecule is Clc1nnnc(C2CNCCO2)c1Cl. The van der Waals surface area contributed by atoms with Crippen LogP contribution in [-0.4, -0.2) is 35.1 Å².